The number of piperidine rings is 1. The summed E-state index contributed by atoms with van der Waals surface area (Å²) in [5.74, 6) is 2.77. The first-order valence-corrected chi connectivity index (χ1v) is 10.6. The summed E-state index contributed by atoms with van der Waals surface area (Å²) in [4.78, 5) is 11.5. The summed E-state index contributed by atoms with van der Waals surface area (Å²) in [5.41, 5.74) is 0. The molecule has 0 unspecified atom stereocenters. The highest BCUT2D eigenvalue weighted by molar-refractivity contribution is 5.80. The average Bonchev–Trinajstić information content (AvgIpc) is 3.18. The van der Waals surface area contributed by atoms with Crippen LogP contribution in [0.15, 0.2) is 9.52 Å². The van der Waals surface area contributed by atoms with Crippen molar-refractivity contribution < 1.29 is 14.0 Å². The van der Waals surface area contributed by atoms with Crippen molar-refractivity contribution >= 4 is 5.96 Å². The Morgan fingerprint density at radius 1 is 1.29 bits per heavy atom. The third kappa shape index (κ3) is 7.75. The SMILES string of the molecule is CCNC(=NCCCc1nc(C(C)C)no1)N1CCC(OCCCOC)CC1. The average molecular weight is 396 g/mol. The fourth-order valence-electron chi connectivity index (χ4n) is 3.13. The van der Waals surface area contributed by atoms with Crippen molar-refractivity contribution in [3.63, 3.8) is 0 Å². The maximum atomic E-state index is 5.95. The Hall–Kier alpha value is -1.67. The number of hydrogen-bond acceptors (Lipinski definition) is 6. The Kier molecular flexibility index (Phi) is 10.3. The second-order valence-electron chi connectivity index (χ2n) is 7.44. The number of guanidine groups is 1. The first-order chi connectivity index (χ1) is 13.6. The molecule has 0 amide bonds. The van der Waals surface area contributed by atoms with Crippen LogP contribution in [0.5, 0.6) is 0 Å². The zero-order valence-electron chi connectivity index (χ0n) is 17.9. The van der Waals surface area contributed by atoms with Crippen LogP contribution in [-0.2, 0) is 15.9 Å². The van der Waals surface area contributed by atoms with Gasteiger partial charge in [0.15, 0.2) is 11.8 Å². The summed E-state index contributed by atoms with van der Waals surface area (Å²) in [7, 11) is 1.73. The quantitative estimate of drug-likeness (QED) is 0.350. The van der Waals surface area contributed by atoms with E-state index in [2.05, 4.69) is 41.1 Å². The molecule has 2 heterocycles. The second kappa shape index (κ2) is 12.7. The van der Waals surface area contributed by atoms with Crippen molar-refractivity contribution in [2.24, 2.45) is 4.99 Å². The molecule has 0 saturated carbocycles. The molecule has 1 saturated heterocycles. The Morgan fingerprint density at radius 3 is 2.71 bits per heavy atom. The summed E-state index contributed by atoms with van der Waals surface area (Å²) in [6.45, 7) is 11.3. The van der Waals surface area contributed by atoms with Gasteiger partial charge in [0.25, 0.3) is 0 Å². The maximum Gasteiger partial charge on any atom is 0.226 e. The number of nitrogens with zero attached hydrogens (tertiary/aromatic N) is 4. The van der Waals surface area contributed by atoms with Gasteiger partial charge < -0.3 is 24.2 Å². The van der Waals surface area contributed by atoms with Crippen LogP contribution in [0.1, 0.15) is 64.1 Å². The van der Waals surface area contributed by atoms with Crippen LogP contribution < -0.4 is 5.32 Å². The van der Waals surface area contributed by atoms with Gasteiger partial charge in [-0.15, -0.1) is 0 Å². The monoisotopic (exact) mass is 395 g/mol. The molecule has 160 valence electrons. The predicted molar refractivity (Wildman–Crippen MR) is 110 cm³/mol. The van der Waals surface area contributed by atoms with Crippen LogP contribution in [-0.4, -0.2) is 73.6 Å². The molecule has 0 spiro atoms. The zero-order chi connectivity index (χ0) is 20.2. The molecule has 1 aromatic heterocycles. The lowest BCUT2D eigenvalue weighted by Gasteiger charge is -2.34. The van der Waals surface area contributed by atoms with E-state index in [0.29, 0.717) is 17.9 Å². The highest BCUT2D eigenvalue weighted by atomic mass is 16.5. The predicted octanol–water partition coefficient (Wildman–Crippen LogP) is 2.61. The van der Waals surface area contributed by atoms with E-state index >= 15 is 0 Å². The lowest BCUT2D eigenvalue weighted by Crippen LogP contribution is -2.47. The minimum atomic E-state index is 0.294. The Balaban J connectivity index is 1.72. The Bertz CT molecular complexity index is 568. The molecule has 1 aliphatic heterocycles. The Morgan fingerprint density at radius 2 is 2.07 bits per heavy atom. The molecular formula is C20H37N5O3. The van der Waals surface area contributed by atoms with Gasteiger partial charge >= 0.3 is 0 Å². The van der Waals surface area contributed by atoms with Crippen molar-refractivity contribution in [1.29, 1.82) is 0 Å². The van der Waals surface area contributed by atoms with Crippen LogP contribution in [0.3, 0.4) is 0 Å². The van der Waals surface area contributed by atoms with Crippen LogP contribution >= 0.6 is 0 Å². The third-order valence-corrected chi connectivity index (χ3v) is 4.73. The van der Waals surface area contributed by atoms with E-state index in [1.807, 2.05) is 0 Å². The van der Waals surface area contributed by atoms with Gasteiger partial charge in [0.2, 0.25) is 5.89 Å². The number of likely N-dealkylation sites (tertiary alicyclic amines) is 1. The van der Waals surface area contributed by atoms with Gasteiger partial charge in [0.05, 0.1) is 6.10 Å². The summed E-state index contributed by atoms with van der Waals surface area (Å²) in [6.07, 6.45) is 5.05. The number of nitrogens with one attached hydrogen (secondary N) is 1. The van der Waals surface area contributed by atoms with Gasteiger partial charge in [0.1, 0.15) is 0 Å². The smallest absolute Gasteiger partial charge is 0.226 e. The minimum absolute atomic E-state index is 0.294. The summed E-state index contributed by atoms with van der Waals surface area (Å²) >= 11 is 0. The van der Waals surface area contributed by atoms with Crippen LogP contribution in [0, 0.1) is 0 Å². The molecule has 28 heavy (non-hydrogen) atoms. The molecule has 1 N–H and O–H groups in total. The van der Waals surface area contributed by atoms with E-state index in [1.54, 1.807) is 7.11 Å². The summed E-state index contributed by atoms with van der Waals surface area (Å²) < 4.78 is 16.3. The number of rotatable bonds is 11. The summed E-state index contributed by atoms with van der Waals surface area (Å²) in [5, 5.41) is 7.42. The molecule has 1 aromatic rings. The maximum absolute atomic E-state index is 5.95. The van der Waals surface area contributed by atoms with Crippen molar-refractivity contribution in [3.05, 3.63) is 11.7 Å². The number of aliphatic imine (C=N–C) groups is 1. The number of hydrogen-bond donors (Lipinski definition) is 1. The molecular weight excluding hydrogens is 358 g/mol. The van der Waals surface area contributed by atoms with Gasteiger partial charge in [-0.3, -0.25) is 4.99 Å². The zero-order valence-corrected chi connectivity index (χ0v) is 17.9. The van der Waals surface area contributed by atoms with E-state index in [4.69, 9.17) is 19.0 Å². The topological polar surface area (TPSA) is 85.0 Å². The highest BCUT2D eigenvalue weighted by Gasteiger charge is 2.21. The molecule has 0 atom stereocenters. The minimum Gasteiger partial charge on any atom is -0.385 e. The van der Waals surface area contributed by atoms with Gasteiger partial charge in [0, 0.05) is 58.8 Å². The summed E-state index contributed by atoms with van der Waals surface area (Å²) in [6, 6.07) is 0. The van der Waals surface area contributed by atoms with Gasteiger partial charge in [-0.05, 0) is 32.6 Å². The second-order valence-corrected chi connectivity index (χ2v) is 7.44. The third-order valence-electron chi connectivity index (χ3n) is 4.73. The van der Waals surface area contributed by atoms with E-state index < -0.39 is 0 Å². The number of ether oxygens (including phenoxy) is 2. The fraction of sp³-hybridized carbons (Fsp3) is 0.850. The van der Waals surface area contributed by atoms with Crippen molar-refractivity contribution in [1.82, 2.24) is 20.4 Å². The molecule has 1 aliphatic rings. The normalized spacial score (nSPS) is 16.2. The molecule has 0 aliphatic carbocycles. The van der Waals surface area contributed by atoms with E-state index in [0.717, 1.165) is 83.3 Å². The first kappa shape index (κ1) is 22.6. The number of methoxy groups -OCH3 is 1. The molecule has 8 nitrogen and oxygen atoms in total. The van der Waals surface area contributed by atoms with Crippen LogP contribution in [0.25, 0.3) is 0 Å². The van der Waals surface area contributed by atoms with Crippen molar-refractivity contribution in [2.75, 3.05) is 46.5 Å². The largest absolute Gasteiger partial charge is 0.385 e. The molecule has 0 radical (unpaired) electrons. The molecule has 2 rings (SSSR count). The lowest BCUT2D eigenvalue weighted by atomic mass is 10.1. The van der Waals surface area contributed by atoms with Gasteiger partial charge in [-0.1, -0.05) is 19.0 Å². The van der Waals surface area contributed by atoms with E-state index in [1.165, 1.54) is 0 Å². The lowest BCUT2D eigenvalue weighted by molar-refractivity contribution is 0.00990. The Labute approximate surface area is 169 Å². The number of aromatic nitrogens is 2. The first-order valence-electron chi connectivity index (χ1n) is 10.6. The highest BCUT2D eigenvalue weighted by Crippen LogP contribution is 2.14. The van der Waals surface area contributed by atoms with Crippen molar-refractivity contribution in [2.45, 2.75) is 64.9 Å². The molecule has 8 heteroatoms. The van der Waals surface area contributed by atoms with Gasteiger partial charge in [-0.2, -0.15) is 4.98 Å². The molecule has 0 bridgehead atoms. The van der Waals surface area contributed by atoms with Crippen molar-refractivity contribution in [3.8, 4) is 0 Å². The molecule has 1 fully saturated rings. The van der Waals surface area contributed by atoms with E-state index in [9.17, 15) is 0 Å². The van der Waals surface area contributed by atoms with Crippen LogP contribution in [0.4, 0.5) is 0 Å². The standard InChI is InChI=1S/C20H37N5O3/c1-5-21-20(22-11-6-8-18-23-19(16(2)3)24-28-18)25-12-9-17(10-13-25)27-15-7-14-26-4/h16-17H,5-15H2,1-4H3,(H,21,22). The molecule has 0 aromatic carbocycles. The van der Waals surface area contributed by atoms with Gasteiger partial charge in [-0.25, -0.2) is 0 Å². The fourth-order valence-corrected chi connectivity index (χ4v) is 3.13. The number of aryl methyl sites for hydroxylation is 1. The van der Waals surface area contributed by atoms with E-state index in [-0.39, 0.29) is 0 Å². The van der Waals surface area contributed by atoms with Crippen LogP contribution in [0.2, 0.25) is 0 Å².